The van der Waals surface area contributed by atoms with E-state index >= 15 is 0 Å². The van der Waals surface area contributed by atoms with Crippen LogP contribution < -0.4 is 5.32 Å². The summed E-state index contributed by atoms with van der Waals surface area (Å²) < 4.78 is 15.8. The van der Waals surface area contributed by atoms with Gasteiger partial charge in [0.25, 0.3) is 0 Å². The molecule has 0 spiro atoms. The summed E-state index contributed by atoms with van der Waals surface area (Å²) in [7, 11) is 3.67. The molecular formula is C14H17ClFN3. The maximum absolute atomic E-state index is 14.0. The highest BCUT2D eigenvalue weighted by atomic mass is 35.5. The van der Waals surface area contributed by atoms with E-state index in [1.54, 1.807) is 23.9 Å². The van der Waals surface area contributed by atoms with Crippen LogP contribution in [0, 0.1) is 5.82 Å². The lowest BCUT2D eigenvalue weighted by Gasteiger charge is -2.17. The average Bonchev–Trinajstić information content (AvgIpc) is 2.74. The Morgan fingerprint density at radius 3 is 2.68 bits per heavy atom. The average molecular weight is 282 g/mol. The van der Waals surface area contributed by atoms with Crippen molar-refractivity contribution >= 4 is 11.6 Å². The number of hydrogen-bond acceptors (Lipinski definition) is 2. The molecule has 0 saturated carbocycles. The third kappa shape index (κ3) is 2.80. The number of aryl methyl sites for hydroxylation is 2. The summed E-state index contributed by atoms with van der Waals surface area (Å²) in [5.74, 6) is -0.314. The van der Waals surface area contributed by atoms with Gasteiger partial charge in [-0.25, -0.2) is 4.39 Å². The highest BCUT2D eigenvalue weighted by Gasteiger charge is 2.20. The van der Waals surface area contributed by atoms with Crippen LogP contribution in [0.5, 0.6) is 0 Å². The molecule has 3 nitrogen and oxygen atoms in total. The van der Waals surface area contributed by atoms with Crippen LogP contribution in [0.15, 0.2) is 24.3 Å². The first-order valence-corrected chi connectivity index (χ1v) is 6.59. The number of benzene rings is 1. The number of nitrogens with one attached hydrogen (secondary N) is 1. The second-order valence-electron chi connectivity index (χ2n) is 4.43. The first-order chi connectivity index (χ1) is 9.06. The smallest absolute Gasteiger partial charge is 0.129 e. The molecule has 1 heterocycles. The third-order valence-corrected chi connectivity index (χ3v) is 3.42. The van der Waals surface area contributed by atoms with E-state index in [1.165, 1.54) is 6.07 Å². The van der Waals surface area contributed by atoms with Gasteiger partial charge in [-0.1, -0.05) is 24.6 Å². The summed E-state index contributed by atoms with van der Waals surface area (Å²) in [6.07, 6.45) is 0.855. The number of aromatic nitrogens is 2. The van der Waals surface area contributed by atoms with Crippen molar-refractivity contribution in [3.8, 4) is 0 Å². The number of nitrogens with zero attached hydrogens (tertiary/aromatic N) is 2. The van der Waals surface area contributed by atoms with Crippen molar-refractivity contribution in [3.05, 3.63) is 52.1 Å². The highest BCUT2D eigenvalue weighted by Crippen LogP contribution is 2.26. The molecule has 0 amide bonds. The zero-order valence-corrected chi connectivity index (χ0v) is 12.0. The second kappa shape index (κ2) is 5.72. The molecule has 0 aliphatic rings. The standard InChI is InChI=1S/C14H17ClFN3/c1-4-10-8-13(19(3)18-10)14(17-2)11-6-5-9(15)7-12(11)16/h5-8,14,17H,4H2,1-3H3. The first-order valence-electron chi connectivity index (χ1n) is 6.21. The number of hydrogen-bond donors (Lipinski definition) is 1. The summed E-state index contributed by atoms with van der Waals surface area (Å²) in [6.45, 7) is 2.05. The van der Waals surface area contributed by atoms with Gasteiger partial charge in [-0.2, -0.15) is 5.10 Å². The Labute approximate surface area is 117 Å². The lowest BCUT2D eigenvalue weighted by atomic mass is 10.0. The molecule has 2 rings (SSSR count). The van der Waals surface area contributed by atoms with Gasteiger partial charge in [0, 0.05) is 17.6 Å². The van der Waals surface area contributed by atoms with E-state index in [0.29, 0.717) is 10.6 Å². The molecule has 1 atom stereocenters. The van der Waals surface area contributed by atoms with Gasteiger partial charge >= 0.3 is 0 Å². The molecular weight excluding hydrogens is 265 g/mol. The van der Waals surface area contributed by atoms with E-state index in [1.807, 2.05) is 20.0 Å². The zero-order chi connectivity index (χ0) is 14.0. The monoisotopic (exact) mass is 281 g/mol. The Hall–Kier alpha value is -1.39. The summed E-state index contributed by atoms with van der Waals surface area (Å²) in [5.41, 5.74) is 2.49. The fourth-order valence-corrected chi connectivity index (χ4v) is 2.34. The van der Waals surface area contributed by atoms with Crippen LogP contribution in [0.25, 0.3) is 0 Å². The fourth-order valence-electron chi connectivity index (χ4n) is 2.18. The van der Waals surface area contributed by atoms with E-state index < -0.39 is 0 Å². The molecule has 19 heavy (non-hydrogen) atoms. The van der Waals surface area contributed by atoms with Crippen LogP contribution in [-0.2, 0) is 13.5 Å². The van der Waals surface area contributed by atoms with Crippen molar-refractivity contribution in [1.82, 2.24) is 15.1 Å². The normalized spacial score (nSPS) is 12.7. The van der Waals surface area contributed by atoms with Gasteiger partial charge in [0.2, 0.25) is 0 Å². The molecule has 0 bridgehead atoms. The lowest BCUT2D eigenvalue weighted by molar-refractivity contribution is 0.551. The van der Waals surface area contributed by atoms with Crippen LogP contribution in [0.3, 0.4) is 0 Å². The fraction of sp³-hybridized carbons (Fsp3) is 0.357. The van der Waals surface area contributed by atoms with Gasteiger partial charge in [-0.3, -0.25) is 4.68 Å². The van der Waals surface area contributed by atoms with E-state index in [2.05, 4.69) is 10.4 Å². The maximum atomic E-state index is 14.0. The highest BCUT2D eigenvalue weighted by molar-refractivity contribution is 6.30. The molecule has 0 aliphatic heterocycles. The molecule has 0 aliphatic carbocycles. The minimum Gasteiger partial charge on any atom is -0.308 e. The van der Waals surface area contributed by atoms with Crippen LogP contribution in [0.2, 0.25) is 5.02 Å². The summed E-state index contributed by atoms with van der Waals surface area (Å²) in [5, 5.41) is 7.93. The molecule has 1 N–H and O–H groups in total. The second-order valence-corrected chi connectivity index (χ2v) is 4.86. The van der Waals surface area contributed by atoms with Gasteiger partial charge in [-0.05, 0) is 31.7 Å². The van der Waals surface area contributed by atoms with Crippen molar-refractivity contribution in [3.63, 3.8) is 0 Å². The molecule has 5 heteroatoms. The molecule has 1 aromatic heterocycles. The summed E-state index contributed by atoms with van der Waals surface area (Å²) >= 11 is 5.79. The topological polar surface area (TPSA) is 29.9 Å². The molecule has 0 saturated heterocycles. The van der Waals surface area contributed by atoms with Gasteiger partial charge in [-0.15, -0.1) is 0 Å². The van der Waals surface area contributed by atoms with E-state index in [9.17, 15) is 4.39 Å². The Morgan fingerprint density at radius 1 is 1.42 bits per heavy atom. The van der Waals surface area contributed by atoms with Crippen LogP contribution in [0.1, 0.15) is 29.9 Å². The van der Waals surface area contributed by atoms with Crippen LogP contribution >= 0.6 is 11.6 Å². The van der Waals surface area contributed by atoms with Crippen molar-refractivity contribution in [2.75, 3.05) is 7.05 Å². The summed E-state index contributed by atoms with van der Waals surface area (Å²) in [6, 6.07) is 6.49. The Bertz CT molecular complexity index is 580. The minimum absolute atomic E-state index is 0.241. The van der Waals surface area contributed by atoms with Gasteiger partial charge in [0.1, 0.15) is 5.82 Å². The van der Waals surface area contributed by atoms with Crippen molar-refractivity contribution in [2.45, 2.75) is 19.4 Å². The predicted molar refractivity (Wildman–Crippen MR) is 74.9 cm³/mol. The zero-order valence-electron chi connectivity index (χ0n) is 11.2. The molecule has 102 valence electrons. The van der Waals surface area contributed by atoms with Crippen molar-refractivity contribution in [1.29, 1.82) is 0 Å². The van der Waals surface area contributed by atoms with E-state index in [-0.39, 0.29) is 11.9 Å². The van der Waals surface area contributed by atoms with Crippen LogP contribution in [0.4, 0.5) is 4.39 Å². The molecule has 1 unspecified atom stereocenters. The van der Waals surface area contributed by atoms with E-state index in [0.717, 1.165) is 17.8 Å². The van der Waals surface area contributed by atoms with Gasteiger partial charge in [0.05, 0.1) is 17.4 Å². The van der Waals surface area contributed by atoms with Crippen LogP contribution in [-0.4, -0.2) is 16.8 Å². The van der Waals surface area contributed by atoms with Gasteiger partial charge < -0.3 is 5.32 Å². The maximum Gasteiger partial charge on any atom is 0.129 e. The summed E-state index contributed by atoms with van der Waals surface area (Å²) in [4.78, 5) is 0. The lowest BCUT2D eigenvalue weighted by Crippen LogP contribution is -2.21. The molecule has 0 fully saturated rings. The van der Waals surface area contributed by atoms with Gasteiger partial charge in [0.15, 0.2) is 0 Å². The Balaban J connectivity index is 2.46. The largest absolute Gasteiger partial charge is 0.308 e. The van der Waals surface area contributed by atoms with Crippen molar-refractivity contribution in [2.24, 2.45) is 7.05 Å². The number of halogens is 2. The first kappa shape index (κ1) is 14.0. The Kier molecular flexibility index (Phi) is 4.22. The Morgan fingerprint density at radius 2 is 2.16 bits per heavy atom. The third-order valence-electron chi connectivity index (χ3n) is 3.19. The van der Waals surface area contributed by atoms with E-state index in [4.69, 9.17) is 11.6 Å². The minimum atomic E-state index is -0.314. The predicted octanol–water partition coefficient (Wildman–Crippen LogP) is 3.08. The SMILES string of the molecule is CCc1cc(C(NC)c2ccc(Cl)cc2F)n(C)n1. The van der Waals surface area contributed by atoms with Crippen molar-refractivity contribution < 1.29 is 4.39 Å². The quantitative estimate of drug-likeness (QED) is 0.933. The molecule has 1 aromatic carbocycles. The molecule has 2 aromatic rings. The molecule has 0 radical (unpaired) electrons. The number of rotatable bonds is 4.